The highest BCUT2D eigenvalue weighted by Crippen LogP contribution is 2.33. The van der Waals surface area contributed by atoms with Gasteiger partial charge in [-0.25, -0.2) is 9.66 Å². The summed E-state index contributed by atoms with van der Waals surface area (Å²) in [5.41, 5.74) is 7.42. The van der Waals surface area contributed by atoms with Gasteiger partial charge in [0.15, 0.2) is 5.82 Å². The molecule has 0 atom stereocenters. The van der Waals surface area contributed by atoms with Crippen LogP contribution < -0.4 is 11.6 Å². The van der Waals surface area contributed by atoms with Crippen molar-refractivity contribution in [2.75, 3.05) is 11.6 Å². The monoisotopic (exact) mass is 342 g/mol. The first-order chi connectivity index (χ1) is 8.71. The van der Waals surface area contributed by atoms with E-state index >= 15 is 0 Å². The van der Waals surface area contributed by atoms with E-state index in [9.17, 15) is 0 Å². The Morgan fingerprint density at radius 3 is 2.42 bits per heavy atom. The second kappa shape index (κ2) is 4.72. The third-order valence-electron chi connectivity index (χ3n) is 2.81. The molecule has 0 aliphatic heterocycles. The minimum absolute atomic E-state index is 0.176. The maximum absolute atomic E-state index is 6.05. The average Bonchev–Trinajstić information content (AvgIpc) is 2.60. The SMILES string of the molecule is CC(C)(C)c1nc(-c2ccc(Cl)c(Br)c2)c(N)n1N. The highest BCUT2D eigenvalue weighted by molar-refractivity contribution is 9.10. The van der Waals surface area contributed by atoms with E-state index in [4.69, 9.17) is 23.2 Å². The van der Waals surface area contributed by atoms with Gasteiger partial charge in [0.25, 0.3) is 0 Å². The Morgan fingerprint density at radius 1 is 1.32 bits per heavy atom. The topological polar surface area (TPSA) is 69.9 Å². The smallest absolute Gasteiger partial charge is 0.150 e. The van der Waals surface area contributed by atoms with Crippen LogP contribution in [0.25, 0.3) is 11.3 Å². The molecule has 0 bridgehead atoms. The summed E-state index contributed by atoms with van der Waals surface area (Å²) < 4.78 is 2.24. The van der Waals surface area contributed by atoms with Crippen LogP contribution in [0.5, 0.6) is 0 Å². The molecule has 0 saturated heterocycles. The summed E-state index contributed by atoms with van der Waals surface area (Å²) in [5.74, 6) is 7.17. The average molecular weight is 344 g/mol. The number of aromatic nitrogens is 2. The van der Waals surface area contributed by atoms with E-state index in [1.807, 2.05) is 32.9 Å². The Hall–Kier alpha value is -1.20. The molecule has 0 fully saturated rings. The fourth-order valence-electron chi connectivity index (χ4n) is 1.83. The van der Waals surface area contributed by atoms with Gasteiger partial charge in [0.1, 0.15) is 11.5 Å². The van der Waals surface area contributed by atoms with Crippen molar-refractivity contribution in [3.63, 3.8) is 0 Å². The first kappa shape index (κ1) is 14.2. The molecule has 1 aromatic carbocycles. The lowest BCUT2D eigenvalue weighted by Gasteiger charge is -2.17. The van der Waals surface area contributed by atoms with E-state index in [1.54, 1.807) is 6.07 Å². The Labute approximate surface area is 125 Å². The molecule has 0 saturated carbocycles. The molecular weight excluding hydrogens is 328 g/mol. The van der Waals surface area contributed by atoms with Crippen LogP contribution in [0, 0.1) is 0 Å². The van der Waals surface area contributed by atoms with Gasteiger partial charge in [-0.1, -0.05) is 38.4 Å². The molecular formula is C13H16BrClN4. The first-order valence-corrected chi connectivity index (χ1v) is 6.98. The van der Waals surface area contributed by atoms with Crippen LogP contribution in [0.4, 0.5) is 5.82 Å². The second-order valence-corrected chi connectivity index (χ2v) is 6.68. The summed E-state index contributed by atoms with van der Waals surface area (Å²) in [6.45, 7) is 6.12. The quantitative estimate of drug-likeness (QED) is 0.778. The van der Waals surface area contributed by atoms with Crippen molar-refractivity contribution in [3.8, 4) is 11.3 Å². The van der Waals surface area contributed by atoms with Crippen molar-refractivity contribution in [2.45, 2.75) is 26.2 Å². The molecule has 2 rings (SSSR count). The van der Waals surface area contributed by atoms with Crippen LogP contribution in [-0.2, 0) is 5.41 Å². The molecule has 6 heteroatoms. The number of nitrogens with two attached hydrogens (primary N) is 2. The summed E-state index contributed by atoms with van der Waals surface area (Å²) in [7, 11) is 0. The minimum atomic E-state index is -0.176. The van der Waals surface area contributed by atoms with Gasteiger partial charge < -0.3 is 11.6 Å². The number of anilines is 1. The molecule has 4 nitrogen and oxygen atoms in total. The third-order valence-corrected chi connectivity index (χ3v) is 4.03. The maximum atomic E-state index is 6.05. The molecule has 19 heavy (non-hydrogen) atoms. The molecule has 1 aromatic heterocycles. The lowest BCUT2D eigenvalue weighted by molar-refractivity contribution is 0.532. The van der Waals surface area contributed by atoms with Crippen LogP contribution in [0.2, 0.25) is 5.02 Å². The Balaban J connectivity index is 2.60. The largest absolute Gasteiger partial charge is 0.382 e. The molecule has 1 heterocycles. The van der Waals surface area contributed by atoms with Crippen molar-refractivity contribution in [2.24, 2.45) is 0 Å². The molecule has 102 valence electrons. The van der Waals surface area contributed by atoms with Crippen molar-refractivity contribution < 1.29 is 0 Å². The Kier molecular flexibility index (Phi) is 3.53. The normalized spacial score (nSPS) is 11.8. The number of nitrogen functional groups attached to an aromatic ring is 2. The van der Waals surface area contributed by atoms with Crippen LogP contribution in [0.15, 0.2) is 22.7 Å². The van der Waals surface area contributed by atoms with Crippen molar-refractivity contribution >= 4 is 33.3 Å². The molecule has 0 amide bonds. The molecule has 4 N–H and O–H groups in total. The van der Waals surface area contributed by atoms with Crippen LogP contribution in [0.3, 0.4) is 0 Å². The predicted octanol–water partition coefficient (Wildman–Crippen LogP) is 3.56. The van der Waals surface area contributed by atoms with E-state index in [2.05, 4.69) is 20.9 Å². The van der Waals surface area contributed by atoms with Gasteiger partial charge in [-0.15, -0.1) is 0 Å². The van der Waals surface area contributed by atoms with Gasteiger partial charge in [0, 0.05) is 15.5 Å². The van der Waals surface area contributed by atoms with E-state index in [1.165, 1.54) is 4.68 Å². The van der Waals surface area contributed by atoms with Gasteiger partial charge in [-0.05, 0) is 28.1 Å². The molecule has 0 radical (unpaired) electrons. The molecule has 2 aromatic rings. The number of rotatable bonds is 1. The third kappa shape index (κ3) is 2.58. The Morgan fingerprint density at radius 2 is 1.95 bits per heavy atom. The highest BCUT2D eigenvalue weighted by Gasteiger charge is 2.24. The maximum Gasteiger partial charge on any atom is 0.150 e. The summed E-state index contributed by atoms with van der Waals surface area (Å²) >= 11 is 9.38. The fourth-order valence-corrected chi connectivity index (χ4v) is 2.33. The van der Waals surface area contributed by atoms with Crippen molar-refractivity contribution in [3.05, 3.63) is 33.5 Å². The van der Waals surface area contributed by atoms with Crippen LogP contribution >= 0.6 is 27.5 Å². The number of imidazole rings is 1. The van der Waals surface area contributed by atoms with E-state index in [0.29, 0.717) is 16.5 Å². The van der Waals surface area contributed by atoms with Gasteiger partial charge >= 0.3 is 0 Å². The Bertz CT molecular complexity index is 628. The number of halogens is 2. The number of hydrogen-bond acceptors (Lipinski definition) is 3. The lowest BCUT2D eigenvalue weighted by atomic mass is 9.96. The summed E-state index contributed by atoms with van der Waals surface area (Å²) in [4.78, 5) is 4.57. The van der Waals surface area contributed by atoms with Gasteiger partial charge in [-0.2, -0.15) is 0 Å². The van der Waals surface area contributed by atoms with Gasteiger partial charge in [0.2, 0.25) is 0 Å². The summed E-state index contributed by atoms with van der Waals surface area (Å²) in [6.07, 6.45) is 0. The van der Waals surface area contributed by atoms with Gasteiger partial charge in [-0.3, -0.25) is 0 Å². The molecule has 0 aliphatic rings. The van der Waals surface area contributed by atoms with Crippen LogP contribution in [0.1, 0.15) is 26.6 Å². The summed E-state index contributed by atoms with van der Waals surface area (Å²) in [6, 6.07) is 5.55. The van der Waals surface area contributed by atoms with E-state index < -0.39 is 0 Å². The molecule has 0 spiro atoms. The zero-order valence-corrected chi connectivity index (χ0v) is 13.4. The number of hydrogen-bond donors (Lipinski definition) is 2. The fraction of sp³-hybridized carbons (Fsp3) is 0.308. The zero-order valence-electron chi connectivity index (χ0n) is 11.0. The zero-order chi connectivity index (χ0) is 14.4. The molecule has 0 aliphatic carbocycles. The highest BCUT2D eigenvalue weighted by atomic mass is 79.9. The standard InChI is InChI=1S/C13H16BrClN4/c1-13(2,3)12-18-10(11(16)19(12)17)7-4-5-9(15)8(14)6-7/h4-6H,16-17H2,1-3H3. The van der Waals surface area contributed by atoms with E-state index in [0.717, 1.165) is 15.9 Å². The first-order valence-electron chi connectivity index (χ1n) is 5.81. The molecule has 0 unspecified atom stereocenters. The second-order valence-electron chi connectivity index (χ2n) is 5.42. The van der Waals surface area contributed by atoms with Crippen molar-refractivity contribution in [1.82, 2.24) is 9.66 Å². The number of benzene rings is 1. The predicted molar refractivity (Wildman–Crippen MR) is 83.6 cm³/mol. The van der Waals surface area contributed by atoms with Gasteiger partial charge in [0.05, 0.1) is 5.02 Å². The lowest BCUT2D eigenvalue weighted by Crippen LogP contribution is -2.24. The summed E-state index contributed by atoms with van der Waals surface area (Å²) in [5, 5.41) is 0.644. The number of nitrogens with zero attached hydrogens (tertiary/aromatic N) is 2. The van der Waals surface area contributed by atoms with Crippen molar-refractivity contribution in [1.29, 1.82) is 0 Å². The van der Waals surface area contributed by atoms with Crippen LogP contribution in [-0.4, -0.2) is 9.66 Å². The minimum Gasteiger partial charge on any atom is -0.382 e. The van der Waals surface area contributed by atoms with E-state index in [-0.39, 0.29) is 5.41 Å².